The molecule has 1 aliphatic heterocycles. The zero-order chi connectivity index (χ0) is 22.5. The third-order valence-electron chi connectivity index (χ3n) is 4.90. The topological polar surface area (TPSA) is 79.9 Å². The SMILES string of the molecule is CCN(CC(=O)Nc1ccccc1C(=O)Nc1ccc2c(c1)OCO2)Cc1ccc(Cl)s1. The number of likely N-dealkylation sites (N-methyl/N-ethyl adjacent to an activating group) is 1. The fraction of sp³-hybridized carbons (Fsp3) is 0.217. The fourth-order valence-electron chi connectivity index (χ4n) is 3.29. The molecule has 0 unspecified atom stereocenters. The quantitative estimate of drug-likeness (QED) is 0.491. The Labute approximate surface area is 194 Å². The summed E-state index contributed by atoms with van der Waals surface area (Å²) in [6.45, 7) is 3.69. The Morgan fingerprint density at radius 1 is 1.06 bits per heavy atom. The first-order chi connectivity index (χ1) is 15.5. The number of nitrogens with one attached hydrogen (secondary N) is 2. The number of carbonyl (C=O) groups excluding carboxylic acids is 2. The highest BCUT2D eigenvalue weighted by Crippen LogP contribution is 2.34. The van der Waals surface area contributed by atoms with E-state index in [0.29, 0.717) is 41.5 Å². The number of thiophene rings is 1. The summed E-state index contributed by atoms with van der Waals surface area (Å²) in [6, 6.07) is 15.9. The minimum Gasteiger partial charge on any atom is -0.454 e. The highest BCUT2D eigenvalue weighted by Gasteiger charge is 2.18. The molecule has 1 aromatic heterocycles. The minimum absolute atomic E-state index is 0.163. The highest BCUT2D eigenvalue weighted by molar-refractivity contribution is 7.16. The van der Waals surface area contributed by atoms with Crippen LogP contribution in [-0.2, 0) is 11.3 Å². The predicted molar refractivity (Wildman–Crippen MR) is 126 cm³/mol. The molecule has 0 radical (unpaired) electrons. The molecule has 9 heteroatoms. The van der Waals surface area contributed by atoms with Gasteiger partial charge in [0.2, 0.25) is 12.7 Å². The van der Waals surface area contributed by atoms with Crippen LogP contribution in [0.1, 0.15) is 22.2 Å². The van der Waals surface area contributed by atoms with Crippen molar-refractivity contribution >= 4 is 46.1 Å². The Hall–Kier alpha value is -3.07. The maximum Gasteiger partial charge on any atom is 0.257 e. The lowest BCUT2D eigenvalue weighted by atomic mass is 10.1. The van der Waals surface area contributed by atoms with E-state index in [1.54, 1.807) is 42.5 Å². The van der Waals surface area contributed by atoms with Gasteiger partial charge >= 0.3 is 0 Å². The second-order valence-corrected chi connectivity index (χ2v) is 8.92. The van der Waals surface area contributed by atoms with Crippen LogP contribution in [0.3, 0.4) is 0 Å². The monoisotopic (exact) mass is 471 g/mol. The Morgan fingerprint density at radius 2 is 1.88 bits per heavy atom. The van der Waals surface area contributed by atoms with Crippen LogP contribution in [0.4, 0.5) is 11.4 Å². The number of ether oxygens (including phenoxy) is 2. The molecular formula is C23H22ClN3O4S. The van der Waals surface area contributed by atoms with E-state index >= 15 is 0 Å². The number of hydrogen-bond acceptors (Lipinski definition) is 6. The van der Waals surface area contributed by atoms with Crippen molar-refractivity contribution in [2.24, 2.45) is 0 Å². The summed E-state index contributed by atoms with van der Waals surface area (Å²) in [5, 5.41) is 5.71. The van der Waals surface area contributed by atoms with E-state index in [9.17, 15) is 9.59 Å². The van der Waals surface area contributed by atoms with E-state index in [4.69, 9.17) is 21.1 Å². The van der Waals surface area contributed by atoms with Gasteiger partial charge in [0.15, 0.2) is 11.5 Å². The van der Waals surface area contributed by atoms with Crippen molar-refractivity contribution in [3.8, 4) is 11.5 Å². The summed E-state index contributed by atoms with van der Waals surface area (Å²) in [5.41, 5.74) is 1.39. The Kier molecular flexibility index (Phi) is 6.94. The third-order valence-corrected chi connectivity index (χ3v) is 6.11. The maximum absolute atomic E-state index is 12.9. The molecule has 3 aromatic rings. The summed E-state index contributed by atoms with van der Waals surface area (Å²) >= 11 is 7.50. The lowest BCUT2D eigenvalue weighted by Gasteiger charge is -2.19. The Morgan fingerprint density at radius 3 is 2.66 bits per heavy atom. The maximum atomic E-state index is 12.9. The van der Waals surface area contributed by atoms with Crippen molar-refractivity contribution in [1.82, 2.24) is 4.90 Å². The zero-order valence-corrected chi connectivity index (χ0v) is 19.0. The first-order valence-electron chi connectivity index (χ1n) is 10.1. The molecule has 0 bridgehead atoms. The number of halogens is 1. The highest BCUT2D eigenvalue weighted by atomic mass is 35.5. The number of anilines is 2. The lowest BCUT2D eigenvalue weighted by Crippen LogP contribution is -2.33. The number of hydrogen-bond donors (Lipinski definition) is 2. The van der Waals surface area contributed by atoms with Crippen molar-refractivity contribution in [3.05, 3.63) is 69.4 Å². The largest absolute Gasteiger partial charge is 0.454 e. The number of nitrogens with zero attached hydrogens (tertiary/aromatic N) is 1. The molecule has 2 amide bonds. The average Bonchev–Trinajstić information content (AvgIpc) is 3.41. The van der Waals surface area contributed by atoms with Crippen molar-refractivity contribution in [3.63, 3.8) is 0 Å². The standard InChI is InChI=1S/C23H22ClN3O4S/c1-2-27(12-16-8-10-21(24)32-16)13-22(28)26-18-6-4-3-5-17(18)23(29)25-15-7-9-19-20(11-15)31-14-30-19/h3-11H,2,12-14H2,1H3,(H,25,29)(H,26,28). The lowest BCUT2D eigenvalue weighted by molar-refractivity contribution is -0.117. The second-order valence-electron chi connectivity index (χ2n) is 7.13. The van der Waals surface area contributed by atoms with Gasteiger partial charge in [0.05, 0.1) is 22.1 Å². The van der Waals surface area contributed by atoms with Gasteiger partial charge in [0.25, 0.3) is 5.91 Å². The van der Waals surface area contributed by atoms with Gasteiger partial charge in [-0.25, -0.2) is 0 Å². The molecule has 0 saturated carbocycles. The van der Waals surface area contributed by atoms with Crippen LogP contribution in [0.15, 0.2) is 54.6 Å². The van der Waals surface area contributed by atoms with Crippen molar-refractivity contribution in [2.45, 2.75) is 13.5 Å². The molecule has 166 valence electrons. The number of amides is 2. The summed E-state index contributed by atoms with van der Waals surface area (Å²) in [5.74, 6) is 0.690. The van der Waals surface area contributed by atoms with Gasteiger partial charge in [-0.05, 0) is 42.9 Å². The molecule has 0 fully saturated rings. The summed E-state index contributed by atoms with van der Waals surface area (Å²) in [4.78, 5) is 28.7. The summed E-state index contributed by atoms with van der Waals surface area (Å²) in [7, 11) is 0. The number of benzene rings is 2. The molecule has 32 heavy (non-hydrogen) atoms. The first-order valence-corrected chi connectivity index (χ1v) is 11.3. The van der Waals surface area contributed by atoms with Gasteiger partial charge in [0, 0.05) is 23.2 Å². The zero-order valence-electron chi connectivity index (χ0n) is 17.4. The van der Waals surface area contributed by atoms with E-state index in [1.165, 1.54) is 11.3 Å². The van der Waals surface area contributed by atoms with E-state index in [-0.39, 0.29) is 25.2 Å². The molecule has 0 atom stereocenters. The molecule has 1 aliphatic rings. The van der Waals surface area contributed by atoms with Crippen LogP contribution >= 0.6 is 22.9 Å². The van der Waals surface area contributed by atoms with Crippen LogP contribution in [0.25, 0.3) is 0 Å². The molecule has 2 N–H and O–H groups in total. The number of carbonyl (C=O) groups is 2. The smallest absolute Gasteiger partial charge is 0.257 e. The van der Waals surface area contributed by atoms with E-state index in [2.05, 4.69) is 10.6 Å². The number of para-hydroxylation sites is 1. The van der Waals surface area contributed by atoms with Crippen molar-refractivity contribution in [2.75, 3.05) is 30.5 Å². The van der Waals surface area contributed by atoms with E-state index < -0.39 is 0 Å². The van der Waals surface area contributed by atoms with Crippen LogP contribution < -0.4 is 20.1 Å². The van der Waals surface area contributed by atoms with Crippen LogP contribution in [0.2, 0.25) is 4.34 Å². The van der Waals surface area contributed by atoms with Crippen molar-refractivity contribution in [1.29, 1.82) is 0 Å². The number of fused-ring (bicyclic) bond motifs is 1. The molecular weight excluding hydrogens is 450 g/mol. The third kappa shape index (κ3) is 5.40. The van der Waals surface area contributed by atoms with Gasteiger partial charge in [-0.3, -0.25) is 14.5 Å². The minimum atomic E-state index is -0.333. The Bertz CT molecular complexity index is 1130. The average molecular weight is 472 g/mol. The molecule has 0 saturated heterocycles. The first kappa shape index (κ1) is 22.1. The summed E-state index contributed by atoms with van der Waals surface area (Å²) < 4.78 is 11.4. The molecule has 0 spiro atoms. The predicted octanol–water partition coefficient (Wildman–Crippen LogP) is 4.84. The van der Waals surface area contributed by atoms with Gasteiger partial charge in [-0.2, -0.15) is 0 Å². The molecule has 4 rings (SSSR count). The molecule has 2 aromatic carbocycles. The van der Waals surface area contributed by atoms with Gasteiger partial charge in [-0.1, -0.05) is 30.7 Å². The van der Waals surface area contributed by atoms with Crippen molar-refractivity contribution < 1.29 is 19.1 Å². The van der Waals surface area contributed by atoms with Crippen LogP contribution in [-0.4, -0.2) is 36.6 Å². The van der Waals surface area contributed by atoms with E-state index in [1.807, 2.05) is 24.0 Å². The molecule has 7 nitrogen and oxygen atoms in total. The van der Waals surface area contributed by atoms with Gasteiger partial charge < -0.3 is 20.1 Å². The number of rotatable bonds is 8. The van der Waals surface area contributed by atoms with Gasteiger partial charge in [-0.15, -0.1) is 11.3 Å². The molecule has 0 aliphatic carbocycles. The van der Waals surface area contributed by atoms with E-state index in [0.717, 1.165) is 9.21 Å². The van der Waals surface area contributed by atoms with Crippen LogP contribution in [0, 0.1) is 0 Å². The Balaban J connectivity index is 1.41. The van der Waals surface area contributed by atoms with Crippen LogP contribution in [0.5, 0.6) is 11.5 Å². The van der Waals surface area contributed by atoms with Gasteiger partial charge in [0.1, 0.15) is 0 Å². The normalized spacial score (nSPS) is 12.1. The molecule has 2 heterocycles. The summed E-state index contributed by atoms with van der Waals surface area (Å²) in [6.07, 6.45) is 0. The second kappa shape index (κ2) is 10.0. The fourth-order valence-corrected chi connectivity index (χ4v) is 4.42.